The van der Waals surface area contributed by atoms with Crippen LogP contribution in [-0.4, -0.2) is 11.1 Å². The first-order chi connectivity index (χ1) is 7.65. The van der Waals surface area contributed by atoms with Crippen molar-refractivity contribution in [3.8, 4) is 0 Å². The highest BCUT2D eigenvalue weighted by atomic mass is 35.5. The minimum absolute atomic E-state index is 0.0422. The maximum atomic E-state index is 10.5. The highest BCUT2D eigenvalue weighted by molar-refractivity contribution is 6.32. The van der Waals surface area contributed by atoms with E-state index in [9.17, 15) is 4.79 Å². The molecule has 0 aromatic heterocycles. The summed E-state index contributed by atoms with van der Waals surface area (Å²) in [4.78, 5) is 10.5. The van der Waals surface area contributed by atoms with Gasteiger partial charge in [-0.2, -0.15) is 0 Å². The Morgan fingerprint density at radius 1 is 1.44 bits per heavy atom. The lowest BCUT2D eigenvalue weighted by Gasteiger charge is -2.08. The summed E-state index contributed by atoms with van der Waals surface area (Å²) in [6, 6.07) is 7.52. The molecule has 0 fully saturated rings. The number of allylic oxidation sites excluding steroid dienone is 1. The number of rotatable bonds is 5. The van der Waals surface area contributed by atoms with Crippen molar-refractivity contribution in [1.82, 2.24) is 0 Å². The number of halogens is 1. The Balaban J connectivity index is 2.98. The molecule has 1 rings (SSSR count). The molecule has 0 saturated heterocycles. The van der Waals surface area contributed by atoms with Crippen molar-refractivity contribution in [2.75, 3.05) is 0 Å². The van der Waals surface area contributed by atoms with Crippen molar-refractivity contribution in [2.24, 2.45) is 0 Å². The maximum absolute atomic E-state index is 10.5. The molecule has 16 heavy (non-hydrogen) atoms. The first-order valence-electron chi connectivity index (χ1n) is 5.31. The number of carbonyl (C=O) groups is 1. The van der Waals surface area contributed by atoms with E-state index in [4.69, 9.17) is 16.7 Å². The molecule has 86 valence electrons. The predicted molar refractivity (Wildman–Crippen MR) is 66.6 cm³/mol. The van der Waals surface area contributed by atoms with Gasteiger partial charge in [0.15, 0.2) is 0 Å². The van der Waals surface area contributed by atoms with Gasteiger partial charge < -0.3 is 5.11 Å². The van der Waals surface area contributed by atoms with Gasteiger partial charge >= 0.3 is 5.97 Å². The van der Waals surface area contributed by atoms with Crippen LogP contribution in [0.3, 0.4) is 0 Å². The Kier molecular flexibility index (Phi) is 5.06. The van der Waals surface area contributed by atoms with Crippen molar-refractivity contribution >= 4 is 23.1 Å². The lowest BCUT2D eigenvalue weighted by Crippen LogP contribution is -1.93. The maximum Gasteiger partial charge on any atom is 0.307 e. The van der Waals surface area contributed by atoms with Crippen molar-refractivity contribution in [2.45, 2.75) is 26.2 Å². The zero-order valence-electron chi connectivity index (χ0n) is 9.24. The van der Waals surface area contributed by atoms with Crippen LogP contribution in [-0.2, 0) is 4.79 Å². The van der Waals surface area contributed by atoms with E-state index in [-0.39, 0.29) is 6.42 Å². The van der Waals surface area contributed by atoms with Crippen LogP contribution in [0.25, 0.3) is 5.57 Å². The van der Waals surface area contributed by atoms with Gasteiger partial charge in [-0.1, -0.05) is 49.2 Å². The van der Waals surface area contributed by atoms with Crippen LogP contribution in [0.5, 0.6) is 0 Å². The zero-order valence-corrected chi connectivity index (χ0v) is 10.00. The minimum Gasteiger partial charge on any atom is -0.481 e. The number of benzene rings is 1. The van der Waals surface area contributed by atoms with Crippen LogP contribution in [0, 0.1) is 0 Å². The van der Waals surface area contributed by atoms with Gasteiger partial charge in [0.1, 0.15) is 0 Å². The van der Waals surface area contributed by atoms with Crippen molar-refractivity contribution in [3.05, 3.63) is 40.9 Å². The van der Waals surface area contributed by atoms with E-state index < -0.39 is 5.97 Å². The third-order valence-electron chi connectivity index (χ3n) is 2.26. The molecule has 0 aliphatic rings. The largest absolute Gasteiger partial charge is 0.481 e. The van der Waals surface area contributed by atoms with Crippen LogP contribution in [0.2, 0.25) is 5.02 Å². The van der Waals surface area contributed by atoms with E-state index in [0.29, 0.717) is 5.02 Å². The van der Waals surface area contributed by atoms with Gasteiger partial charge in [0, 0.05) is 5.02 Å². The molecule has 0 atom stereocenters. The fourth-order valence-electron chi connectivity index (χ4n) is 1.55. The van der Waals surface area contributed by atoms with E-state index in [1.54, 1.807) is 6.08 Å². The molecular formula is C13H15ClO2. The molecule has 1 N–H and O–H groups in total. The van der Waals surface area contributed by atoms with Crippen molar-refractivity contribution < 1.29 is 9.90 Å². The Labute approximate surface area is 101 Å². The van der Waals surface area contributed by atoms with E-state index in [0.717, 1.165) is 24.0 Å². The molecule has 0 radical (unpaired) electrons. The van der Waals surface area contributed by atoms with Crippen molar-refractivity contribution in [1.29, 1.82) is 0 Å². The van der Waals surface area contributed by atoms with Gasteiger partial charge in [-0.15, -0.1) is 0 Å². The highest BCUT2D eigenvalue weighted by Crippen LogP contribution is 2.27. The van der Waals surface area contributed by atoms with Crippen LogP contribution >= 0.6 is 11.6 Å². The molecule has 0 saturated carbocycles. The Hall–Kier alpha value is -1.28. The van der Waals surface area contributed by atoms with E-state index in [1.165, 1.54) is 0 Å². The highest BCUT2D eigenvalue weighted by Gasteiger charge is 2.05. The second-order valence-electron chi connectivity index (χ2n) is 3.56. The Morgan fingerprint density at radius 3 is 2.69 bits per heavy atom. The molecule has 0 bridgehead atoms. The average Bonchev–Trinajstić information content (AvgIpc) is 2.25. The van der Waals surface area contributed by atoms with Crippen LogP contribution in [0.4, 0.5) is 0 Å². The minimum atomic E-state index is -0.819. The number of aliphatic carboxylic acids is 1. The van der Waals surface area contributed by atoms with Gasteiger partial charge in [-0.3, -0.25) is 4.79 Å². The SMILES string of the molecule is CCC/C(=C\CC(=O)O)c1ccccc1Cl. The van der Waals surface area contributed by atoms with Gasteiger partial charge in [-0.25, -0.2) is 0 Å². The summed E-state index contributed by atoms with van der Waals surface area (Å²) in [7, 11) is 0. The first kappa shape index (κ1) is 12.8. The number of carboxylic acids is 1. The summed E-state index contributed by atoms with van der Waals surface area (Å²) in [5.41, 5.74) is 1.95. The Morgan fingerprint density at radius 2 is 2.12 bits per heavy atom. The molecular weight excluding hydrogens is 224 g/mol. The molecule has 0 aliphatic carbocycles. The third-order valence-corrected chi connectivity index (χ3v) is 2.59. The van der Waals surface area contributed by atoms with Gasteiger partial charge in [0.25, 0.3) is 0 Å². The van der Waals surface area contributed by atoms with E-state index in [2.05, 4.69) is 6.92 Å². The molecule has 0 aliphatic heterocycles. The van der Waals surface area contributed by atoms with E-state index in [1.807, 2.05) is 24.3 Å². The second kappa shape index (κ2) is 6.33. The summed E-state index contributed by atoms with van der Waals surface area (Å²) in [6.45, 7) is 2.06. The first-order valence-corrected chi connectivity index (χ1v) is 5.68. The summed E-state index contributed by atoms with van der Waals surface area (Å²) in [6.07, 6.45) is 3.60. The number of hydrogen-bond acceptors (Lipinski definition) is 1. The number of carboxylic acid groups (broad SMARTS) is 1. The standard InChI is InChI=1S/C13H15ClO2/c1-2-5-10(8-9-13(15)16)11-6-3-4-7-12(11)14/h3-4,6-8H,2,5,9H2,1H3,(H,15,16)/b10-8+. The second-order valence-corrected chi connectivity index (χ2v) is 3.96. The zero-order chi connectivity index (χ0) is 12.0. The normalized spacial score (nSPS) is 11.5. The summed E-state index contributed by atoms with van der Waals surface area (Å²) in [5.74, 6) is -0.819. The topological polar surface area (TPSA) is 37.3 Å². The van der Waals surface area contributed by atoms with Gasteiger partial charge in [0.05, 0.1) is 6.42 Å². The lowest BCUT2D eigenvalue weighted by atomic mass is 10.0. The average molecular weight is 239 g/mol. The van der Waals surface area contributed by atoms with Gasteiger partial charge in [-0.05, 0) is 23.6 Å². The third kappa shape index (κ3) is 3.70. The fourth-order valence-corrected chi connectivity index (χ4v) is 1.81. The molecule has 2 nitrogen and oxygen atoms in total. The van der Waals surface area contributed by atoms with Crippen LogP contribution < -0.4 is 0 Å². The van der Waals surface area contributed by atoms with Crippen LogP contribution in [0.1, 0.15) is 31.7 Å². The monoisotopic (exact) mass is 238 g/mol. The molecule has 0 heterocycles. The molecule has 1 aromatic carbocycles. The summed E-state index contributed by atoms with van der Waals surface area (Å²) in [5, 5.41) is 9.34. The molecule has 0 unspecified atom stereocenters. The van der Waals surface area contributed by atoms with Gasteiger partial charge in [0.2, 0.25) is 0 Å². The fraction of sp³-hybridized carbons (Fsp3) is 0.308. The summed E-state index contributed by atoms with van der Waals surface area (Å²) >= 11 is 6.08. The smallest absolute Gasteiger partial charge is 0.307 e. The molecule has 0 spiro atoms. The van der Waals surface area contributed by atoms with Crippen molar-refractivity contribution in [3.63, 3.8) is 0 Å². The van der Waals surface area contributed by atoms with Crippen LogP contribution in [0.15, 0.2) is 30.3 Å². The molecule has 0 amide bonds. The quantitative estimate of drug-likeness (QED) is 0.842. The summed E-state index contributed by atoms with van der Waals surface area (Å²) < 4.78 is 0. The Bertz CT molecular complexity index is 397. The van der Waals surface area contributed by atoms with E-state index >= 15 is 0 Å². The number of hydrogen-bond donors (Lipinski definition) is 1. The predicted octanol–water partition coefficient (Wildman–Crippen LogP) is 4.00. The molecule has 1 aromatic rings. The lowest BCUT2D eigenvalue weighted by molar-refractivity contribution is -0.135. The molecule has 3 heteroatoms.